The van der Waals surface area contributed by atoms with Gasteiger partial charge in [-0.15, -0.1) is 0 Å². The van der Waals surface area contributed by atoms with Crippen LogP contribution in [0.2, 0.25) is 0 Å². The number of fused-ring (bicyclic) bond motifs is 1. The third kappa shape index (κ3) is 4.77. The molecule has 2 heterocycles. The topological polar surface area (TPSA) is 23.8 Å². The molecular weight excluding hydrogens is 356 g/mol. The number of imidazole rings is 1. The first kappa shape index (κ1) is 20.9. The summed E-state index contributed by atoms with van der Waals surface area (Å²) in [5.41, 5.74) is 8.02. The molecule has 4 heteroatoms. The predicted octanol–water partition coefficient (Wildman–Crippen LogP) is 5.10. The number of aryl methyl sites for hydroxylation is 1. The third-order valence-electron chi connectivity index (χ3n) is 4.96. The molecule has 152 valence electrons. The number of hydrogen-bond donors (Lipinski definition) is 0. The van der Waals surface area contributed by atoms with E-state index in [-0.39, 0.29) is 0 Å². The second-order valence-electron chi connectivity index (χ2n) is 7.88. The maximum Gasteiger partial charge on any atom is 0.138 e. The molecule has 29 heavy (non-hydrogen) atoms. The van der Waals surface area contributed by atoms with E-state index in [2.05, 4.69) is 103 Å². The summed E-state index contributed by atoms with van der Waals surface area (Å²) >= 11 is 0. The molecule has 0 aliphatic heterocycles. The summed E-state index contributed by atoms with van der Waals surface area (Å²) in [5.74, 6) is 0. The second kappa shape index (κ2) is 9.10. The molecule has 3 rings (SSSR count). The van der Waals surface area contributed by atoms with E-state index in [9.17, 15) is 0 Å². The van der Waals surface area contributed by atoms with Gasteiger partial charge in [-0.25, -0.2) is 4.98 Å². The first-order valence-electron chi connectivity index (χ1n) is 10.2. The van der Waals surface area contributed by atoms with Gasteiger partial charge < -0.3 is 9.80 Å². The summed E-state index contributed by atoms with van der Waals surface area (Å²) in [6, 6.07) is 13.2. The van der Waals surface area contributed by atoms with Crippen molar-refractivity contribution in [2.45, 2.75) is 26.8 Å². The van der Waals surface area contributed by atoms with Crippen LogP contribution >= 0.6 is 0 Å². The van der Waals surface area contributed by atoms with E-state index < -0.39 is 0 Å². The fourth-order valence-corrected chi connectivity index (χ4v) is 3.47. The van der Waals surface area contributed by atoms with E-state index in [1.165, 1.54) is 11.1 Å². The lowest BCUT2D eigenvalue weighted by atomic mass is 10.0. The lowest BCUT2D eigenvalue weighted by molar-refractivity contribution is 0.402. The number of allylic oxidation sites excluding steroid dienone is 3. The molecule has 0 radical (unpaired) electrons. The Hall–Kier alpha value is -2.85. The van der Waals surface area contributed by atoms with E-state index in [4.69, 9.17) is 4.98 Å². The monoisotopic (exact) mass is 388 g/mol. The largest absolute Gasteiger partial charge is 0.383 e. The average Bonchev–Trinajstić information content (AvgIpc) is 3.06. The molecule has 0 aliphatic carbocycles. The third-order valence-corrected chi connectivity index (χ3v) is 4.96. The smallest absolute Gasteiger partial charge is 0.138 e. The summed E-state index contributed by atoms with van der Waals surface area (Å²) in [4.78, 5) is 9.29. The number of benzene rings is 1. The number of aromatic nitrogens is 2. The predicted molar refractivity (Wildman–Crippen MR) is 124 cm³/mol. The maximum absolute atomic E-state index is 5.06. The lowest BCUT2D eigenvalue weighted by Gasteiger charge is -2.11. The molecule has 0 saturated carbocycles. The van der Waals surface area contributed by atoms with Gasteiger partial charge in [0.15, 0.2) is 0 Å². The Morgan fingerprint density at radius 3 is 2.34 bits per heavy atom. The first-order valence-corrected chi connectivity index (χ1v) is 10.2. The Balaban J connectivity index is 2.20. The molecule has 0 unspecified atom stereocenters. The molecule has 0 saturated heterocycles. The molecule has 0 atom stereocenters. The zero-order valence-electron chi connectivity index (χ0n) is 18.5. The molecular formula is C25H32N4. The summed E-state index contributed by atoms with van der Waals surface area (Å²) < 4.78 is 2.21. The van der Waals surface area contributed by atoms with Crippen LogP contribution < -0.4 is 0 Å². The van der Waals surface area contributed by atoms with Gasteiger partial charge in [0.1, 0.15) is 5.65 Å². The van der Waals surface area contributed by atoms with Crippen LogP contribution in [0.5, 0.6) is 0 Å². The molecule has 2 aromatic heterocycles. The number of rotatable bonds is 7. The first-order chi connectivity index (χ1) is 13.9. The zero-order chi connectivity index (χ0) is 21.0. The van der Waals surface area contributed by atoms with E-state index in [0.29, 0.717) is 0 Å². The Bertz CT molecular complexity index is 1020. The summed E-state index contributed by atoms with van der Waals surface area (Å²) in [5, 5.41) is 0. The minimum atomic E-state index is 0.899. The maximum atomic E-state index is 5.06. The van der Waals surface area contributed by atoms with Crippen molar-refractivity contribution in [3.63, 3.8) is 0 Å². The summed E-state index contributed by atoms with van der Waals surface area (Å²) in [6.07, 6.45) is 9.58. The molecule has 0 spiro atoms. The molecule has 3 aromatic rings. The summed E-state index contributed by atoms with van der Waals surface area (Å²) in [7, 11) is 8.25. The highest BCUT2D eigenvalue weighted by Gasteiger charge is 2.17. The van der Waals surface area contributed by atoms with Crippen LogP contribution in [0.3, 0.4) is 0 Å². The van der Waals surface area contributed by atoms with Crippen molar-refractivity contribution >= 4 is 11.2 Å². The van der Waals surface area contributed by atoms with Crippen LogP contribution in [0.1, 0.15) is 30.7 Å². The van der Waals surface area contributed by atoms with Crippen molar-refractivity contribution in [2.75, 3.05) is 28.2 Å². The molecule has 0 aliphatic rings. The van der Waals surface area contributed by atoms with Crippen molar-refractivity contribution in [2.24, 2.45) is 0 Å². The van der Waals surface area contributed by atoms with Crippen molar-refractivity contribution in [3.8, 4) is 11.3 Å². The van der Waals surface area contributed by atoms with E-state index >= 15 is 0 Å². The van der Waals surface area contributed by atoms with Gasteiger partial charge in [0, 0.05) is 32.4 Å². The Kier molecular flexibility index (Phi) is 6.55. The quantitative estimate of drug-likeness (QED) is 0.526. The van der Waals surface area contributed by atoms with Gasteiger partial charge in [0.05, 0.1) is 11.4 Å². The van der Waals surface area contributed by atoms with Gasteiger partial charge in [-0.3, -0.25) is 4.40 Å². The standard InChI is InChI=1S/C25H32N4/c1-7-19-9-11-22(12-10-19)24-25(21(8-2)14-15-27(3)4)29-16-13-20(18-28(5)6)17-23(29)26-24/h8-17H,7,18H2,1-6H3/b15-14-,21-8+. The van der Waals surface area contributed by atoms with Gasteiger partial charge in [0.2, 0.25) is 0 Å². The van der Waals surface area contributed by atoms with Gasteiger partial charge >= 0.3 is 0 Å². The average molecular weight is 389 g/mol. The number of pyridine rings is 1. The molecule has 0 amide bonds. The van der Waals surface area contributed by atoms with Crippen molar-refractivity contribution in [1.82, 2.24) is 19.2 Å². The SMILES string of the molecule is C/C=C(\C=C/N(C)C)c1c(-c2ccc(CC)cc2)nc2cc(CN(C)C)ccn12. The number of hydrogen-bond acceptors (Lipinski definition) is 3. The minimum absolute atomic E-state index is 0.899. The van der Waals surface area contributed by atoms with E-state index in [1.54, 1.807) is 0 Å². The van der Waals surface area contributed by atoms with Crippen LogP contribution in [0.15, 0.2) is 60.9 Å². The molecule has 0 N–H and O–H groups in total. The van der Waals surface area contributed by atoms with Crippen LogP contribution in [-0.4, -0.2) is 47.4 Å². The van der Waals surface area contributed by atoms with Gasteiger partial charge in [-0.2, -0.15) is 0 Å². The van der Waals surface area contributed by atoms with E-state index in [0.717, 1.165) is 41.1 Å². The lowest BCUT2D eigenvalue weighted by Crippen LogP contribution is -2.10. The normalized spacial score (nSPS) is 12.4. The van der Waals surface area contributed by atoms with Crippen LogP contribution in [-0.2, 0) is 13.0 Å². The Labute approximate surface area is 174 Å². The Morgan fingerprint density at radius 1 is 1.03 bits per heavy atom. The van der Waals surface area contributed by atoms with Gasteiger partial charge in [-0.05, 0) is 68.5 Å². The van der Waals surface area contributed by atoms with Gasteiger partial charge in [0.25, 0.3) is 0 Å². The zero-order valence-corrected chi connectivity index (χ0v) is 18.5. The molecule has 1 aromatic carbocycles. The minimum Gasteiger partial charge on any atom is -0.383 e. The van der Waals surface area contributed by atoms with Crippen LogP contribution in [0.4, 0.5) is 0 Å². The highest BCUT2D eigenvalue weighted by molar-refractivity contribution is 5.84. The Morgan fingerprint density at radius 2 is 1.76 bits per heavy atom. The van der Waals surface area contributed by atoms with Crippen LogP contribution in [0, 0.1) is 0 Å². The molecule has 0 bridgehead atoms. The second-order valence-corrected chi connectivity index (χ2v) is 7.88. The molecule has 4 nitrogen and oxygen atoms in total. The highest BCUT2D eigenvalue weighted by Crippen LogP contribution is 2.31. The highest BCUT2D eigenvalue weighted by atomic mass is 15.1. The fourth-order valence-electron chi connectivity index (χ4n) is 3.47. The summed E-state index contributed by atoms with van der Waals surface area (Å²) in [6.45, 7) is 5.16. The van der Waals surface area contributed by atoms with Crippen molar-refractivity contribution in [1.29, 1.82) is 0 Å². The van der Waals surface area contributed by atoms with E-state index in [1.807, 2.05) is 14.1 Å². The number of nitrogens with zero attached hydrogens (tertiary/aromatic N) is 4. The van der Waals surface area contributed by atoms with Crippen LogP contribution in [0.25, 0.3) is 22.5 Å². The van der Waals surface area contributed by atoms with Gasteiger partial charge in [-0.1, -0.05) is 37.3 Å². The van der Waals surface area contributed by atoms with Crippen molar-refractivity contribution < 1.29 is 0 Å². The fraction of sp³-hybridized carbons (Fsp3) is 0.320. The molecule has 0 fully saturated rings. The van der Waals surface area contributed by atoms with Crippen molar-refractivity contribution in [3.05, 3.63) is 77.8 Å².